The average molecular weight is 275 g/mol. The van der Waals surface area contributed by atoms with Gasteiger partial charge in [-0.1, -0.05) is 12.1 Å². The highest BCUT2D eigenvalue weighted by Gasteiger charge is 2.32. The molecule has 0 radical (unpaired) electrons. The van der Waals surface area contributed by atoms with Crippen molar-refractivity contribution in [3.8, 4) is 5.75 Å². The van der Waals surface area contributed by atoms with E-state index in [0.717, 1.165) is 41.8 Å². The standard InChI is InChI=1S/C16H21NO3/c1-16(2)8-11-4-5-13-12(9-17-6-7-18-3)10-19-15(13)14(11)20-16/h4-5,10,17H,6-9H2,1-3H3. The Morgan fingerprint density at radius 3 is 3.00 bits per heavy atom. The number of furan rings is 1. The largest absolute Gasteiger partial charge is 0.483 e. The first-order valence-electron chi connectivity index (χ1n) is 7.01. The Kier molecular flexibility index (Phi) is 3.44. The number of fused-ring (bicyclic) bond motifs is 3. The van der Waals surface area contributed by atoms with E-state index < -0.39 is 0 Å². The molecule has 0 saturated carbocycles. The summed E-state index contributed by atoms with van der Waals surface area (Å²) in [5.41, 5.74) is 3.12. The molecule has 1 aliphatic heterocycles. The van der Waals surface area contributed by atoms with E-state index in [9.17, 15) is 0 Å². The monoisotopic (exact) mass is 275 g/mol. The molecule has 2 heterocycles. The van der Waals surface area contributed by atoms with E-state index in [-0.39, 0.29) is 5.60 Å². The minimum atomic E-state index is -0.139. The highest BCUT2D eigenvalue weighted by molar-refractivity contribution is 5.88. The molecule has 0 unspecified atom stereocenters. The van der Waals surface area contributed by atoms with Crippen molar-refractivity contribution in [2.75, 3.05) is 20.3 Å². The van der Waals surface area contributed by atoms with Gasteiger partial charge in [-0.2, -0.15) is 0 Å². The van der Waals surface area contributed by atoms with Gasteiger partial charge >= 0.3 is 0 Å². The van der Waals surface area contributed by atoms with Gasteiger partial charge in [0.2, 0.25) is 0 Å². The topological polar surface area (TPSA) is 43.6 Å². The van der Waals surface area contributed by atoms with Crippen LogP contribution in [0.4, 0.5) is 0 Å². The van der Waals surface area contributed by atoms with Gasteiger partial charge in [0.05, 0.1) is 12.9 Å². The van der Waals surface area contributed by atoms with Gasteiger partial charge in [-0.15, -0.1) is 0 Å². The van der Waals surface area contributed by atoms with Crippen molar-refractivity contribution >= 4 is 11.0 Å². The lowest BCUT2D eigenvalue weighted by molar-refractivity contribution is 0.139. The van der Waals surface area contributed by atoms with Gasteiger partial charge in [-0.25, -0.2) is 0 Å². The highest BCUT2D eigenvalue weighted by Crippen LogP contribution is 2.41. The number of hydrogen-bond acceptors (Lipinski definition) is 4. The Bertz CT molecular complexity index is 615. The second-order valence-electron chi connectivity index (χ2n) is 5.90. The molecule has 1 aromatic heterocycles. The summed E-state index contributed by atoms with van der Waals surface area (Å²) < 4.78 is 16.8. The number of ether oxygens (including phenoxy) is 2. The molecule has 0 atom stereocenters. The van der Waals surface area contributed by atoms with E-state index >= 15 is 0 Å². The van der Waals surface area contributed by atoms with Crippen molar-refractivity contribution in [1.82, 2.24) is 5.32 Å². The Balaban J connectivity index is 1.85. The third kappa shape index (κ3) is 2.41. The maximum atomic E-state index is 6.03. The van der Waals surface area contributed by atoms with E-state index in [1.54, 1.807) is 7.11 Å². The fourth-order valence-corrected chi connectivity index (χ4v) is 2.72. The third-order valence-corrected chi connectivity index (χ3v) is 3.65. The zero-order valence-electron chi connectivity index (χ0n) is 12.3. The van der Waals surface area contributed by atoms with E-state index in [1.165, 1.54) is 5.56 Å². The smallest absolute Gasteiger partial charge is 0.176 e. The van der Waals surface area contributed by atoms with E-state index in [0.29, 0.717) is 6.61 Å². The molecule has 0 saturated heterocycles. The number of benzene rings is 1. The van der Waals surface area contributed by atoms with E-state index in [1.807, 2.05) is 6.26 Å². The molecule has 2 aromatic rings. The third-order valence-electron chi connectivity index (χ3n) is 3.65. The molecule has 108 valence electrons. The van der Waals surface area contributed by atoms with Crippen LogP contribution in [0.5, 0.6) is 5.75 Å². The molecule has 4 heteroatoms. The van der Waals surface area contributed by atoms with Crippen LogP contribution >= 0.6 is 0 Å². The van der Waals surface area contributed by atoms with Crippen LogP contribution in [0, 0.1) is 0 Å². The predicted octanol–water partition coefficient (Wildman–Crippen LogP) is 2.88. The number of nitrogens with one attached hydrogen (secondary N) is 1. The normalized spacial score (nSPS) is 16.4. The molecule has 1 aromatic carbocycles. The molecule has 3 rings (SSSR count). The number of rotatable bonds is 5. The Morgan fingerprint density at radius 2 is 2.20 bits per heavy atom. The molecular formula is C16H21NO3. The van der Waals surface area contributed by atoms with Gasteiger partial charge in [-0.3, -0.25) is 0 Å². The second kappa shape index (κ2) is 5.11. The first kappa shape index (κ1) is 13.5. The van der Waals surface area contributed by atoms with Crippen LogP contribution in [-0.2, 0) is 17.7 Å². The van der Waals surface area contributed by atoms with Crippen molar-refractivity contribution in [3.05, 3.63) is 29.5 Å². The SMILES string of the molecule is COCCNCc1coc2c3c(ccc12)CC(C)(C)O3. The summed E-state index contributed by atoms with van der Waals surface area (Å²) in [6.45, 7) is 6.53. The van der Waals surface area contributed by atoms with Crippen molar-refractivity contribution in [3.63, 3.8) is 0 Å². The Labute approximate surface area is 119 Å². The summed E-state index contributed by atoms with van der Waals surface area (Å²) in [6.07, 6.45) is 2.75. The van der Waals surface area contributed by atoms with Gasteiger partial charge in [0, 0.05) is 43.1 Å². The van der Waals surface area contributed by atoms with Crippen LogP contribution in [0.3, 0.4) is 0 Å². The first-order valence-corrected chi connectivity index (χ1v) is 7.01. The number of methoxy groups -OCH3 is 1. The summed E-state index contributed by atoms with van der Waals surface area (Å²) in [4.78, 5) is 0. The predicted molar refractivity (Wildman–Crippen MR) is 78.2 cm³/mol. The van der Waals surface area contributed by atoms with Crippen LogP contribution in [0.15, 0.2) is 22.8 Å². The minimum Gasteiger partial charge on any atom is -0.483 e. The van der Waals surface area contributed by atoms with Crippen LogP contribution in [0.25, 0.3) is 11.0 Å². The van der Waals surface area contributed by atoms with Crippen molar-refractivity contribution in [1.29, 1.82) is 0 Å². The summed E-state index contributed by atoms with van der Waals surface area (Å²) >= 11 is 0. The van der Waals surface area contributed by atoms with Gasteiger partial charge in [-0.05, 0) is 13.8 Å². The fraction of sp³-hybridized carbons (Fsp3) is 0.500. The summed E-state index contributed by atoms with van der Waals surface area (Å²) in [5, 5.41) is 4.47. The first-order chi connectivity index (χ1) is 9.61. The van der Waals surface area contributed by atoms with Gasteiger partial charge < -0.3 is 19.2 Å². The van der Waals surface area contributed by atoms with E-state index in [2.05, 4.69) is 31.3 Å². The van der Waals surface area contributed by atoms with Gasteiger partial charge in [0.1, 0.15) is 5.60 Å². The Morgan fingerprint density at radius 1 is 1.35 bits per heavy atom. The zero-order valence-corrected chi connectivity index (χ0v) is 12.3. The maximum Gasteiger partial charge on any atom is 0.176 e. The molecule has 0 spiro atoms. The molecule has 0 fully saturated rings. The molecule has 1 aliphatic rings. The fourth-order valence-electron chi connectivity index (χ4n) is 2.72. The molecule has 0 bridgehead atoms. The van der Waals surface area contributed by atoms with Crippen molar-refractivity contribution in [2.45, 2.75) is 32.4 Å². The minimum absolute atomic E-state index is 0.139. The second-order valence-corrected chi connectivity index (χ2v) is 5.90. The maximum absolute atomic E-state index is 6.03. The molecule has 0 aliphatic carbocycles. The summed E-state index contributed by atoms with van der Waals surface area (Å²) in [7, 11) is 1.71. The lowest BCUT2D eigenvalue weighted by Crippen LogP contribution is -2.24. The van der Waals surface area contributed by atoms with Crippen molar-refractivity contribution < 1.29 is 13.9 Å². The lowest BCUT2D eigenvalue weighted by Gasteiger charge is -2.16. The van der Waals surface area contributed by atoms with E-state index in [4.69, 9.17) is 13.9 Å². The lowest BCUT2D eigenvalue weighted by atomic mass is 10.0. The van der Waals surface area contributed by atoms with Gasteiger partial charge in [0.25, 0.3) is 0 Å². The van der Waals surface area contributed by atoms with Crippen LogP contribution in [0.2, 0.25) is 0 Å². The molecule has 0 amide bonds. The Hall–Kier alpha value is -1.52. The van der Waals surface area contributed by atoms with Crippen LogP contribution in [0.1, 0.15) is 25.0 Å². The van der Waals surface area contributed by atoms with Crippen LogP contribution in [-0.4, -0.2) is 25.9 Å². The highest BCUT2D eigenvalue weighted by atomic mass is 16.5. The average Bonchev–Trinajstić information content (AvgIpc) is 2.93. The summed E-state index contributed by atoms with van der Waals surface area (Å²) in [6, 6.07) is 4.29. The quantitative estimate of drug-likeness (QED) is 0.852. The molecule has 1 N–H and O–H groups in total. The number of hydrogen-bond donors (Lipinski definition) is 1. The molecule has 4 nitrogen and oxygen atoms in total. The summed E-state index contributed by atoms with van der Waals surface area (Å²) in [5.74, 6) is 0.913. The molecule has 20 heavy (non-hydrogen) atoms. The van der Waals surface area contributed by atoms with Crippen molar-refractivity contribution in [2.24, 2.45) is 0 Å². The van der Waals surface area contributed by atoms with Gasteiger partial charge in [0.15, 0.2) is 11.3 Å². The zero-order chi connectivity index (χ0) is 14.2. The van der Waals surface area contributed by atoms with Crippen LogP contribution < -0.4 is 10.1 Å². The molecular weight excluding hydrogens is 254 g/mol.